The van der Waals surface area contributed by atoms with Crippen LogP contribution in [0.2, 0.25) is 0 Å². The lowest BCUT2D eigenvalue weighted by molar-refractivity contribution is -0.120. The fraction of sp³-hybridized carbons (Fsp3) is 0.115. The molecular weight excluding hydrogens is 456 g/mol. The molecule has 0 spiro atoms. The smallest absolute Gasteiger partial charge is 0.343 e. The molecule has 0 radical (unpaired) electrons. The van der Waals surface area contributed by atoms with Crippen molar-refractivity contribution in [1.82, 2.24) is 0 Å². The van der Waals surface area contributed by atoms with Gasteiger partial charge in [-0.1, -0.05) is 23.7 Å². The van der Waals surface area contributed by atoms with Gasteiger partial charge in [-0.2, -0.15) is 0 Å². The van der Waals surface area contributed by atoms with Crippen LogP contribution >= 0.6 is 11.6 Å². The van der Waals surface area contributed by atoms with Crippen LogP contribution in [0.5, 0.6) is 11.5 Å². The van der Waals surface area contributed by atoms with Gasteiger partial charge in [-0.25, -0.2) is 9.69 Å². The number of carbonyl (C=O) groups excluding carboxylic acids is 3. The number of hydrogen-bond donors (Lipinski definition) is 1. The largest absolute Gasteiger partial charge is 0.497 e. The highest BCUT2D eigenvalue weighted by atomic mass is 35.5. The second-order valence-corrected chi connectivity index (χ2v) is 8.07. The number of esters is 1. The molecule has 7 nitrogen and oxygen atoms in total. The Morgan fingerprint density at radius 2 is 1.59 bits per heavy atom. The molecule has 0 saturated carbocycles. The summed E-state index contributed by atoms with van der Waals surface area (Å²) in [5, 5.41) is 2.66. The number of ether oxygens (including phenoxy) is 2. The molecule has 3 aromatic rings. The molecule has 1 aliphatic rings. The van der Waals surface area contributed by atoms with Gasteiger partial charge in [0.2, 0.25) is 0 Å². The maximum atomic E-state index is 12.9. The van der Waals surface area contributed by atoms with Gasteiger partial charge >= 0.3 is 5.97 Å². The minimum atomic E-state index is -0.631. The number of benzene rings is 3. The van der Waals surface area contributed by atoms with Gasteiger partial charge in [0.25, 0.3) is 11.8 Å². The highest BCUT2D eigenvalue weighted by molar-refractivity contribution is 6.53. The number of aryl methyl sites for hydroxylation is 2. The Bertz CT molecular complexity index is 1310. The molecule has 1 N–H and O–H groups in total. The van der Waals surface area contributed by atoms with Crippen LogP contribution in [0, 0.1) is 13.8 Å². The van der Waals surface area contributed by atoms with Crippen molar-refractivity contribution in [2.45, 2.75) is 13.8 Å². The Morgan fingerprint density at radius 1 is 0.912 bits per heavy atom. The molecule has 3 aromatic carbocycles. The third kappa shape index (κ3) is 4.51. The lowest BCUT2D eigenvalue weighted by Gasteiger charge is -2.15. The van der Waals surface area contributed by atoms with Gasteiger partial charge in [0, 0.05) is 5.69 Å². The second kappa shape index (κ2) is 9.41. The lowest BCUT2D eigenvalue weighted by atomic mass is 10.1. The number of anilines is 2. The number of hydrogen-bond acceptors (Lipinski definition) is 6. The molecule has 0 fully saturated rings. The Hall–Kier alpha value is -4.10. The third-order valence-electron chi connectivity index (χ3n) is 5.29. The Balaban J connectivity index is 1.48. The van der Waals surface area contributed by atoms with Crippen LogP contribution in [0.3, 0.4) is 0 Å². The number of carbonyl (C=O) groups is 3. The topological polar surface area (TPSA) is 84.9 Å². The number of rotatable bonds is 6. The number of imide groups is 1. The van der Waals surface area contributed by atoms with Crippen molar-refractivity contribution in [3.8, 4) is 11.5 Å². The van der Waals surface area contributed by atoms with Crippen molar-refractivity contribution in [3.63, 3.8) is 0 Å². The van der Waals surface area contributed by atoms with Crippen LogP contribution in [0.4, 0.5) is 11.4 Å². The van der Waals surface area contributed by atoms with Gasteiger partial charge < -0.3 is 14.8 Å². The van der Waals surface area contributed by atoms with Crippen molar-refractivity contribution in [3.05, 3.63) is 94.1 Å². The minimum Gasteiger partial charge on any atom is -0.497 e. The molecule has 8 heteroatoms. The third-order valence-corrected chi connectivity index (χ3v) is 5.64. The second-order valence-electron chi connectivity index (χ2n) is 7.69. The first kappa shape index (κ1) is 23.1. The van der Waals surface area contributed by atoms with E-state index < -0.39 is 17.8 Å². The number of amides is 2. The fourth-order valence-electron chi connectivity index (χ4n) is 3.39. The van der Waals surface area contributed by atoms with E-state index in [-0.39, 0.29) is 10.7 Å². The van der Waals surface area contributed by atoms with E-state index in [1.807, 2.05) is 26.0 Å². The van der Waals surface area contributed by atoms with Crippen LogP contribution in [0.1, 0.15) is 21.5 Å². The maximum Gasteiger partial charge on any atom is 0.343 e. The van der Waals surface area contributed by atoms with Gasteiger partial charge in [-0.3, -0.25) is 9.59 Å². The molecule has 0 aromatic heterocycles. The first-order valence-corrected chi connectivity index (χ1v) is 10.8. The molecule has 0 aliphatic carbocycles. The monoisotopic (exact) mass is 476 g/mol. The van der Waals surface area contributed by atoms with Crippen LogP contribution < -0.4 is 19.7 Å². The normalized spacial score (nSPS) is 13.4. The van der Waals surface area contributed by atoms with E-state index in [0.717, 1.165) is 16.0 Å². The van der Waals surface area contributed by atoms with Crippen LogP contribution in [-0.4, -0.2) is 24.9 Å². The van der Waals surface area contributed by atoms with E-state index in [1.165, 1.54) is 7.11 Å². The summed E-state index contributed by atoms with van der Waals surface area (Å²) >= 11 is 6.18. The molecule has 34 heavy (non-hydrogen) atoms. The molecule has 172 valence electrons. The predicted molar refractivity (Wildman–Crippen MR) is 129 cm³/mol. The van der Waals surface area contributed by atoms with E-state index >= 15 is 0 Å². The van der Waals surface area contributed by atoms with Gasteiger partial charge in [0.1, 0.15) is 22.2 Å². The lowest BCUT2D eigenvalue weighted by Crippen LogP contribution is -2.32. The Morgan fingerprint density at radius 3 is 2.24 bits per heavy atom. The van der Waals surface area contributed by atoms with Crippen molar-refractivity contribution >= 4 is 40.8 Å². The first-order valence-electron chi connectivity index (χ1n) is 10.4. The van der Waals surface area contributed by atoms with E-state index in [9.17, 15) is 14.4 Å². The summed E-state index contributed by atoms with van der Waals surface area (Å²) in [6, 6.07) is 18.4. The average Bonchev–Trinajstić information content (AvgIpc) is 3.05. The average molecular weight is 477 g/mol. The predicted octanol–water partition coefficient (Wildman–Crippen LogP) is 4.97. The summed E-state index contributed by atoms with van der Waals surface area (Å²) in [7, 11) is 1.52. The van der Waals surface area contributed by atoms with E-state index in [2.05, 4.69) is 5.32 Å². The van der Waals surface area contributed by atoms with E-state index in [0.29, 0.717) is 28.4 Å². The van der Waals surface area contributed by atoms with Crippen molar-refractivity contribution in [1.29, 1.82) is 0 Å². The molecule has 2 amide bonds. The van der Waals surface area contributed by atoms with Crippen LogP contribution in [0.25, 0.3) is 0 Å². The molecule has 0 unspecified atom stereocenters. The Kier molecular flexibility index (Phi) is 6.38. The molecule has 0 saturated heterocycles. The summed E-state index contributed by atoms with van der Waals surface area (Å²) < 4.78 is 10.6. The number of methoxy groups -OCH3 is 1. The summed E-state index contributed by atoms with van der Waals surface area (Å²) in [5.74, 6) is -0.629. The highest BCUT2D eigenvalue weighted by Gasteiger charge is 2.39. The molecule has 0 atom stereocenters. The van der Waals surface area contributed by atoms with E-state index in [1.54, 1.807) is 54.6 Å². The molecule has 1 heterocycles. The van der Waals surface area contributed by atoms with Crippen molar-refractivity contribution in [2.75, 3.05) is 17.3 Å². The summed E-state index contributed by atoms with van der Waals surface area (Å²) in [6.07, 6.45) is 0. The van der Waals surface area contributed by atoms with Gasteiger partial charge in [-0.15, -0.1) is 0 Å². The van der Waals surface area contributed by atoms with Gasteiger partial charge in [0.05, 0.1) is 18.4 Å². The van der Waals surface area contributed by atoms with E-state index in [4.69, 9.17) is 21.1 Å². The minimum absolute atomic E-state index is 0.0480. The van der Waals surface area contributed by atoms with Gasteiger partial charge in [-0.05, 0) is 79.6 Å². The number of halogens is 1. The van der Waals surface area contributed by atoms with Crippen LogP contribution in [0.15, 0.2) is 77.5 Å². The summed E-state index contributed by atoms with van der Waals surface area (Å²) in [6.45, 7) is 3.78. The molecule has 0 bridgehead atoms. The fourth-order valence-corrected chi connectivity index (χ4v) is 3.60. The zero-order valence-corrected chi connectivity index (χ0v) is 19.5. The molecule has 1 aliphatic heterocycles. The number of nitrogens with zero attached hydrogens (tertiary/aromatic N) is 1. The Labute approximate surface area is 201 Å². The SMILES string of the molecule is COc1ccc(N2C(=O)C(Cl)=C(Nc3ccc(C(=O)Oc4cc(C)ccc4C)cc3)C2=O)cc1. The van der Waals surface area contributed by atoms with Crippen LogP contribution in [-0.2, 0) is 9.59 Å². The van der Waals surface area contributed by atoms with Crippen molar-refractivity contribution in [2.24, 2.45) is 0 Å². The quantitative estimate of drug-likeness (QED) is 0.307. The highest BCUT2D eigenvalue weighted by Crippen LogP contribution is 2.31. The molecule has 4 rings (SSSR count). The summed E-state index contributed by atoms with van der Waals surface area (Å²) in [4.78, 5) is 39.1. The maximum absolute atomic E-state index is 12.9. The zero-order chi connectivity index (χ0) is 24.4. The standard InChI is InChI=1S/C26H21ClN2O5/c1-15-4-5-16(2)21(14-15)34-26(32)17-6-8-18(9-7-17)28-23-22(27)24(30)29(25(23)31)19-10-12-20(33-3)13-11-19/h4-14,28H,1-3H3. The molecular formula is C26H21ClN2O5. The van der Waals surface area contributed by atoms with Gasteiger partial charge in [0.15, 0.2) is 0 Å². The zero-order valence-electron chi connectivity index (χ0n) is 18.7. The number of nitrogens with one attached hydrogen (secondary N) is 1. The van der Waals surface area contributed by atoms with Crippen molar-refractivity contribution < 1.29 is 23.9 Å². The summed E-state index contributed by atoms with van der Waals surface area (Å²) in [5.41, 5.74) is 2.97. The first-order chi connectivity index (χ1) is 16.3.